The van der Waals surface area contributed by atoms with Crippen LogP contribution in [0.3, 0.4) is 0 Å². The van der Waals surface area contributed by atoms with Gasteiger partial charge in [-0.2, -0.15) is 0 Å². The number of morpholine rings is 1. The molecule has 0 bridgehead atoms. The summed E-state index contributed by atoms with van der Waals surface area (Å²) in [5, 5.41) is 4.55. The number of fused-ring (bicyclic) bond motifs is 1. The van der Waals surface area contributed by atoms with Crippen LogP contribution in [0, 0.1) is 0 Å². The molecule has 0 aromatic carbocycles. The molecule has 1 aromatic rings. The second-order valence-electron chi connectivity index (χ2n) is 5.22. The van der Waals surface area contributed by atoms with E-state index in [-0.39, 0.29) is 6.10 Å². The first-order valence-corrected chi connectivity index (χ1v) is 7.56. The van der Waals surface area contributed by atoms with E-state index in [0.29, 0.717) is 6.04 Å². The van der Waals surface area contributed by atoms with E-state index in [2.05, 4.69) is 17.3 Å². The largest absolute Gasteiger partial charge is 0.368 e. The third kappa shape index (κ3) is 2.32. The van der Waals surface area contributed by atoms with Gasteiger partial charge in [0.25, 0.3) is 0 Å². The summed E-state index contributed by atoms with van der Waals surface area (Å²) in [5.41, 5.74) is 1.28. The Labute approximate surface area is 112 Å². The van der Waals surface area contributed by atoms with Crippen LogP contribution in [0.2, 0.25) is 0 Å². The SMILES string of the molecule is CNC1CCCc2sc(C3CN(C)CCO3)nc21. The molecule has 2 aliphatic rings. The van der Waals surface area contributed by atoms with Gasteiger partial charge in [-0.25, -0.2) is 4.98 Å². The van der Waals surface area contributed by atoms with Crippen molar-refractivity contribution in [1.29, 1.82) is 0 Å². The Kier molecular flexibility index (Phi) is 3.66. The maximum Gasteiger partial charge on any atom is 0.123 e. The van der Waals surface area contributed by atoms with E-state index in [4.69, 9.17) is 9.72 Å². The Morgan fingerprint density at radius 2 is 2.39 bits per heavy atom. The smallest absolute Gasteiger partial charge is 0.123 e. The van der Waals surface area contributed by atoms with Gasteiger partial charge in [-0.05, 0) is 33.4 Å². The minimum absolute atomic E-state index is 0.178. The van der Waals surface area contributed by atoms with Crippen molar-refractivity contribution in [2.45, 2.75) is 31.4 Å². The Bertz CT molecular complexity index is 420. The molecule has 1 aliphatic heterocycles. The van der Waals surface area contributed by atoms with Crippen molar-refractivity contribution in [3.63, 3.8) is 0 Å². The quantitative estimate of drug-likeness (QED) is 0.886. The molecular formula is C13H21N3OS. The van der Waals surface area contributed by atoms with Crippen molar-refractivity contribution in [2.75, 3.05) is 33.8 Å². The Morgan fingerprint density at radius 1 is 1.50 bits per heavy atom. The van der Waals surface area contributed by atoms with E-state index >= 15 is 0 Å². The molecule has 1 N–H and O–H groups in total. The van der Waals surface area contributed by atoms with Crippen molar-refractivity contribution in [3.05, 3.63) is 15.6 Å². The number of hydrogen-bond acceptors (Lipinski definition) is 5. The average molecular weight is 267 g/mol. The van der Waals surface area contributed by atoms with Crippen LogP contribution in [0.1, 0.15) is 40.6 Å². The fourth-order valence-electron chi connectivity index (χ4n) is 2.78. The molecular weight excluding hydrogens is 246 g/mol. The van der Waals surface area contributed by atoms with Gasteiger partial charge in [0, 0.05) is 18.0 Å². The van der Waals surface area contributed by atoms with Gasteiger partial charge in [0.05, 0.1) is 18.3 Å². The third-order valence-corrected chi connectivity index (χ3v) is 5.09. The Hall–Kier alpha value is -0.490. The molecule has 0 saturated carbocycles. The molecule has 3 rings (SSSR count). The predicted octanol–water partition coefficient (Wildman–Crippen LogP) is 1.74. The van der Waals surface area contributed by atoms with Crippen molar-refractivity contribution >= 4 is 11.3 Å². The van der Waals surface area contributed by atoms with Gasteiger partial charge in [-0.3, -0.25) is 0 Å². The fourth-order valence-corrected chi connectivity index (χ4v) is 3.99. The number of hydrogen-bond donors (Lipinski definition) is 1. The van der Waals surface area contributed by atoms with Crippen molar-refractivity contribution in [1.82, 2.24) is 15.2 Å². The van der Waals surface area contributed by atoms with Gasteiger partial charge < -0.3 is 15.0 Å². The summed E-state index contributed by atoms with van der Waals surface area (Å²) in [6.07, 6.45) is 3.84. The highest BCUT2D eigenvalue weighted by molar-refractivity contribution is 7.11. The molecule has 18 heavy (non-hydrogen) atoms. The first-order chi connectivity index (χ1) is 8.78. The number of rotatable bonds is 2. The van der Waals surface area contributed by atoms with E-state index in [1.54, 1.807) is 0 Å². The third-order valence-electron chi connectivity index (χ3n) is 3.86. The molecule has 1 fully saturated rings. The summed E-state index contributed by atoms with van der Waals surface area (Å²) in [6.45, 7) is 2.82. The minimum atomic E-state index is 0.178. The first-order valence-electron chi connectivity index (χ1n) is 6.75. The van der Waals surface area contributed by atoms with Crippen molar-refractivity contribution in [2.24, 2.45) is 0 Å². The second-order valence-corrected chi connectivity index (χ2v) is 6.33. The normalized spacial score (nSPS) is 29.2. The predicted molar refractivity (Wildman–Crippen MR) is 73.0 cm³/mol. The molecule has 2 atom stereocenters. The van der Waals surface area contributed by atoms with E-state index in [0.717, 1.165) is 19.7 Å². The molecule has 5 heteroatoms. The van der Waals surface area contributed by atoms with E-state index in [1.165, 1.54) is 34.8 Å². The highest BCUT2D eigenvalue weighted by Gasteiger charge is 2.28. The maximum absolute atomic E-state index is 5.87. The molecule has 100 valence electrons. The summed E-state index contributed by atoms with van der Waals surface area (Å²) in [7, 11) is 4.18. The molecule has 0 spiro atoms. The Balaban J connectivity index is 1.83. The zero-order chi connectivity index (χ0) is 12.5. The van der Waals surface area contributed by atoms with Crippen LogP contribution in [0.25, 0.3) is 0 Å². The van der Waals surface area contributed by atoms with E-state index in [1.807, 2.05) is 18.4 Å². The van der Waals surface area contributed by atoms with Gasteiger partial charge in [-0.1, -0.05) is 0 Å². The van der Waals surface area contributed by atoms with Crippen LogP contribution in [0.5, 0.6) is 0 Å². The van der Waals surface area contributed by atoms with E-state index in [9.17, 15) is 0 Å². The highest BCUT2D eigenvalue weighted by atomic mass is 32.1. The average Bonchev–Trinajstić information content (AvgIpc) is 2.82. The van der Waals surface area contributed by atoms with Crippen LogP contribution in [0.15, 0.2) is 0 Å². The van der Waals surface area contributed by atoms with Gasteiger partial charge in [0.2, 0.25) is 0 Å². The number of thiazole rings is 1. The fraction of sp³-hybridized carbons (Fsp3) is 0.769. The first kappa shape index (κ1) is 12.5. The summed E-state index contributed by atoms with van der Waals surface area (Å²) in [4.78, 5) is 8.65. The van der Waals surface area contributed by atoms with Crippen LogP contribution in [-0.4, -0.2) is 43.7 Å². The van der Waals surface area contributed by atoms with E-state index < -0.39 is 0 Å². The molecule has 4 nitrogen and oxygen atoms in total. The number of aryl methyl sites for hydroxylation is 1. The summed E-state index contributed by atoms with van der Waals surface area (Å²) < 4.78 is 5.87. The number of ether oxygens (including phenoxy) is 1. The standard InChI is InChI=1S/C13H21N3OS/c1-14-9-4-3-5-11-12(9)15-13(18-11)10-8-16(2)6-7-17-10/h9-10,14H,3-8H2,1-2H3. The lowest BCUT2D eigenvalue weighted by atomic mass is 9.98. The van der Waals surface area contributed by atoms with Gasteiger partial charge in [0.15, 0.2) is 0 Å². The highest BCUT2D eigenvalue weighted by Crippen LogP contribution is 2.36. The topological polar surface area (TPSA) is 37.4 Å². The maximum atomic E-state index is 5.87. The van der Waals surface area contributed by atoms with Gasteiger partial charge in [-0.15, -0.1) is 11.3 Å². The lowest BCUT2D eigenvalue weighted by molar-refractivity contribution is -0.0210. The minimum Gasteiger partial charge on any atom is -0.368 e. The van der Waals surface area contributed by atoms with Crippen LogP contribution < -0.4 is 5.32 Å². The lowest BCUT2D eigenvalue weighted by Crippen LogP contribution is -2.35. The summed E-state index contributed by atoms with van der Waals surface area (Å²) in [5.74, 6) is 0. The monoisotopic (exact) mass is 267 g/mol. The zero-order valence-electron chi connectivity index (χ0n) is 11.1. The lowest BCUT2D eigenvalue weighted by Gasteiger charge is -2.28. The summed E-state index contributed by atoms with van der Waals surface area (Å²) >= 11 is 1.86. The van der Waals surface area contributed by atoms with Gasteiger partial charge in [0.1, 0.15) is 11.1 Å². The number of nitrogens with zero attached hydrogens (tertiary/aromatic N) is 2. The number of aromatic nitrogens is 1. The summed E-state index contributed by atoms with van der Waals surface area (Å²) in [6, 6.07) is 0.445. The van der Waals surface area contributed by atoms with Crippen molar-refractivity contribution in [3.8, 4) is 0 Å². The van der Waals surface area contributed by atoms with Gasteiger partial charge >= 0.3 is 0 Å². The Morgan fingerprint density at radius 3 is 3.17 bits per heavy atom. The molecule has 0 amide bonds. The zero-order valence-corrected chi connectivity index (χ0v) is 11.9. The molecule has 1 aliphatic carbocycles. The van der Waals surface area contributed by atoms with Crippen molar-refractivity contribution < 1.29 is 4.74 Å². The molecule has 1 saturated heterocycles. The molecule has 2 unspecified atom stereocenters. The molecule has 1 aromatic heterocycles. The molecule has 0 radical (unpaired) electrons. The molecule has 2 heterocycles. The van der Waals surface area contributed by atoms with Crippen LogP contribution >= 0.6 is 11.3 Å². The second kappa shape index (κ2) is 5.25. The number of likely N-dealkylation sites (N-methyl/N-ethyl adjacent to an activating group) is 1. The van der Waals surface area contributed by atoms with Crippen LogP contribution in [-0.2, 0) is 11.2 Å². The number of nitrogens with one attached hydrogen (secondary N) is 1. The van der Waals surface area contributed by atoms with Crippen LogP contribution in [0.4, 0.5) is 0 Å².